The lowest BCUT2D eigenvalue weighted by atomic mass is 10.1. The smallest absolute Gasteiger partial charge is 0.320 e. The summed E-state index contributed by atoms with van der Waals surface area (Å²) in [5, 5.41) is 5.48. The Labute approximate surface area is 134 Å². The average molecular weight is 359 g/mol. The quantitative estimate of drug-likeness (QED) is 0.734. The van der Waals surface area contributed by atoms with E-state index in [1.54, 1.807) is 0 Å². The van der Waals surface area contributed by atoms with E-state index in [-0.39, 0.29) is 23.1 Å². The number of amides is 2. The van der Waals surface area contributed by atoms with Gasteiger partial charge in [-0.2, -0.15) is 0 Å². The van der Waals surface area contributed by atoms with Crippen LogP contribution in [0.4, 0.5) is 4.79 Å². The van der Waals surface area contributed by atoms with E-state index < -0.39 is 0 Å². The summed E-state index contributed by atoms with van der Waals surface area (Å²) in [6.45, 7) is 8.96. The summed E-state index contributed by atoms with van der Waals surface area (Å²) in [7, 11) is 0. The second-order valence-electron chi connectivity index (χ2n) is 5.41. The third kappa shape index (κ3) is 4.44. The molecule has 2 aliphatic rings. The van der Waals surface area contributed by atoms with Gasteiger partial charge in [0.2, 0.25) is 0 Å². The van der Waals surface area contributed by atoms with Crippen molar-refractivity contribution in [3.63, 3.8) is 0 Å². The summed E-state index contributed by atoms with van der Waals surface area (Å²) in [5.41, 5.74) is 1.15. The van der Waals surface area contributed by atoms with E-state index in [1.807, 2.05) is 13.0 Å². The number of nitrogens with zero attached hydrogens (tertiary/aromatic N) is 2. The standard InChI is InChI=1S/C14H23BrN4O2/c1-4-16-14(20)18-13-5-12(11(15)6-17-13)19-7-9(2)21-10(3)8-19/h5,9-11H,4,6-8H2,1-3H3,(H2,16,17,18,20). The minimum Gasteiger partial charge on any atom is -0.372 e. The molecule has 0 aromatic rings. The molecule has 0 radical (unpaired) electrons. The van der Waals surface area contributed by atoms with Crippen LogP contribution in [0.15, 0.2) is 16.8 Å². The fourth-order valence-corrected chi connectivity index (χ4v) is 3.19. The van der Waals surface area contributed by atoms with Gasteiger partial charge in [-0.1, -0.05) is 15.9 Å². The molecule has 2 rings (SSSR count). The van der Waals surface area contributed by atoms with Crippen LogP contribution in [0, 0.1) is 0 Å². The minimum atomic E-state index is -0.219. The van der Waals surface area contributed by atoms with Gasteiger partial charge in [0, 0.05) is 31.4 Å². The van der Waals surface area contributed by atoms with Gasteiger partial charge < -0.3 is 15.0 Å². The average Bonchev–Trinajstić information content (AvgIpc) is 2.40. The molecule has 0 aliphatic carbocycles. The maximum Gasteiger partial charge on any atom is 0.320 e. The van der Waals surface area contributed by atoms with Gasteiger partial charge >= 0.3 is 6.03 Å². The third-order valence-electron chi connectivity index (χ3n) is 3.39. The van der Waals surface area contributed by atoms with E-state index in [0.717, 1.165) is 18.8 Å². The number of hydrogen-bond donors (Lipinski definition) is 2. The predicted molar refractivity (Wildman–Crippen MR) is 86.9 cm³/mol. The van der Waals surface area contributed by atoms with E-state index >= 15 is 0 Å². The van der Waals surface area contributed by atoms with Crippen molar-refractivity contribution in [1.29, 1.82) is 0 Å². The Morgan fingerprint density at radius 3 is 2.76 bits per heavy atom. The molecule has 3 unspecified atom stereocenters. The Morgan fingerprint density at radius 2 is 2.14 bits per heavy atom. The van der Waals surface area contributed by atoms with Crippen molar-refractivity contribution in [2.45, 2.75) is 37.8 Å². The highest BCUT2D eigenvalue weighted by Crippen LogP contribution is 2.24. The SMILES string of the molecule is CCNC(=O)NC1=NCC(Br)C(N2CC(C)OC(C)C2)=C1. The fraction of sp³-hybridized carbons (Fsp3) is 0.714. The maximum atomic E-state index is 11.6. The van der Waals surface area contributed by atoms with Crippen LogP contribution in [-0.4, -0.2) is 60.0 Å². The lowest BCUT2D eigenvalue weighted by Gasteiger charge is -2.40. The van der Waals surface area contributed by atoms with Gasteiger partial charge in [-0.3, -0.25) is 10.3 Å². The van der Waals surface area contributed by atoms with Crippen LogP contribution in [0.3, 0.4) is 0 Å². The van der Waals surface area contributed by atoms with Gasteiger partial charge in [-0.05, 0) is 20.8 Å². The van der Waals surface area contributed by atoms with Crippen LogP contribution in [0.2, 0.25) is 0 Å². The molecule has 1 saturated heterocycles. The zero-order valence-electron chi connectivity index (χ0n) is 12.7. The second-order valence-corrected chi connectivity index (χ2v) is 6.51. The van der Waals surface area contributed by atoms with Crippen molar-refractivity contribution in [2.24, 2.45) is 4.99 Å². The first-order chi connectivity index (χ1) is 9.99. The van der Waals surface area contributed by atoms with E-state index in [9.17, 15) is 4.79 Å². The molecule has 2 heterocycles. The monoisotopic (exact) mass is 358 g/mol. The summed E-state index contributed by atoms with van der Waals surface area (Å²) < 4.78 is 5.77. The van der Waals surface area contributed by atoms with Crippen LogP contribution in [0.1, 0.15) is 20.8 Å². The van der Waals surface area contributed by atoms with Gasteiger partial charge in [0.15, 0.2) is 0 Å². The molecule has 6 nitrogen and oxygen atoms in total. The summed E-state index contributed by atoms with van der Waals surface area (Å²) in [4.78, 5) is 18.5. The van der Waals surface area contributed by atoms with Crippen LogP contribution in [-0.2, 0) is 4.74 Å². The summed E-state index contributed by atoms with van der Waals surface area (Å²) in [6.07, 6.45) is 2.35. The Hall–Kier alpha value is -1.08. The number of ether oxygens (including phenoxy) is 1. The number of halogens is 1. The minimum absolute atomic E-state index is 0.176. The number of carbonyl (C=O) groups is 1. The maximum absolute atomic E-state index is 11.6. The van der Waals surface area contributed by atoms with Gasteiger partial charge in [0.25, 0.3) is 0 Å². The predicted octanol–water partition coefficient (Wildman–Crippen LogP) is 1.47. The number of carbonyl (C=O) groups excluding carboxylic acids is 1. The number of rotatable bonds is 2. The molecule has 118 valence electrons. The first kappa shape index (κ1) is 16.3. The van der Waals surface area contributed by atoms with Gasteiger partial charge in [-0.25, -0.2) is 4.79 Å². The van der Waals surface area contributed by atoms with Crippen molar-refractivity contribution in [2.75, 3.05) is 26.2 Å². The number of nitrogens with one attached hydrogen (secondary N) is 2. The lowest BCUT2D eigenvalue weighted by Crippen LogP contribution is -2.48. The van der Waals surface area contributed by atoms with Crippen molar-refractivity contribution in [1.82, 2.24) is 15.5 Å². The first-order valence-corrected chi connectivity index (χ1v) is 8.26. The number of morpholine rings is 1. The molecule has 2 N–H and O–H groups in total. The van der Waals surface area contributed by atoms with Crippen molar-refractivity contribution in [3.05, 3.63) is 11.8 Å². The molecule has 0 bridgehead atoms. The van der Waals surface area contributed by atoms with Crippen LogP contribution in [0.5, 0.6) is 0 Å². The molecule has 0 spiro atoms. The topological polar surface area (TPSA) is 66.0 Å². The number of alkyl halides is 1. The molecular formula is C14H23BrN4O2. The fourth-order valence-electron chi connectivity index (χ4n) is 2.62. The zero-order chi connectivity index (χ0) is 15.4. The highest BCUT2D eigenvalue weighted by molar-refractivity contribution is 9.09. The normalized spacial score (nSPS) is 29.5. The highest BCUT2D eigenvalue weighted by atomic mass is 79.9. The molecule has 3 atom stereocenters. The number of hydrogen-bond acceptors (Lipinski definition) is 4. The number of urea groups is 1. The van der Waals surface area contributed by atoms with Crippen LogP contribution in [0.25, 0.3) is 0 Å². The zero-order valence-corrected chi connectivity index (χ0v) is 14.3. The van der Waals surface area contributed by atoms with Gasteiger partial charge in [-0.15, -0.1) is 0 Å². The van der Waals surface area contributed by atoms with E-state index in [2.05, 4.69) is 50.3 Å². The summed E-state index contributed by atoms with van der Waals surface area (Å²) in [6, 6.07) is -0.219. The van der Waals surface area contributed by atoms with Crippen molar-refractivity contribution >= 4 is 27.8 Å². The molecule has 21 heavy (non-hydrogen) atoms. The van der Waals surface area contributed by atoms with E-state index in [1.165, 1.54) is 0 Å². The van der Waals surface area contributed by atoms with Crippen LogP contribution >= 0.6 is 15.9 Å². The lowest BCUT2D eigenvalue weighted by molar-refractivity contribution is -0.0583. The second kappa shape index (κ2) is 7.26. The Bertz CT molecular complexity index is 442. The Morgan fingerprint density at radius 1 is 1.48 bits per heavy atom. The van der Waals surface area contributed by atoms with E-state index in [0.29, 0.717) is 18.9 Å². The third-order valence-corrected chi connectivity index (χ3v) is 4.15. The number of dihydropyridines is 1. The Kier molecular flexibility index (Phi) is 5.64. The molecule has 1 fully saturated rings. The molecule has 2 amide bonds. The number of amidine groups is 1. The van der Waals surface area contributed by atoms with Gasteiger partial charge in [0.1, 0.15) is 5.84 Å². The molecule has 7 heteroatoms. The van der Waals surface area contributed by atoms with Crippen LogP contribution < -0.4 is 10.6 Å². The first-order valence-electron chi connectivity index (χ1n) is 7.35. The highest BCUT2D eigenvalue weighted by Gasteiger charge is 2.28. The van der Waals surface area contributed by atoms with Gasteiger partial charge in [0.05, 0.1) is 23.6 Å². The van der Waals surface area contributed by atoms with Crippen molar-refractivity contribution in [3.8, 4) is 0 Å². The molecular weight excluding hydrogens is 336 g/mol. The molecule has 2 aliphatic heterocycles. The molecule has 0 aromatic carbocycles. The largest absolute Gasteiger partial charge is 0.372 e. The van der Waals surface area contributed by atoms with Crippen molar-refractivity contribution < 1.29 is 9.53 Å². The molecule has 0 saturated carbocycles. The summed E-state index contributed by atoms with van der Waals surface area (Å²) in [5.74, 6) is 0.610. The summed E-state index contributed by atoms with van der Waals surface area (Å²) >= 11 is 3.67. The molecule has 0 aromatic heterocycles. The Balaban J connectivity index is 2.07. The van der Waals surface area contributed by atoms with E-state index in [4.69, 9.17) is 4.74 Å². The number of aliphatic imine (C=N–C) groups is 1.